The molecule has 2 aliphatic rings. The third kappa shape index (κ3) is 3.82. The number of benzene rings is 2. The molecule has 0 radical (unpaired) electrons. The molecule has 7 heteroatoms. The van der Waals surface area contributed by atoms with Crippen molar-refractivity contribution in [2.24, 2.45) is 0 Å². The van der Waals surface area contributed by atoms with E-state index in [9.17, 15) is 4.79 Å². The minimum atomic E-state index is -0.196. The minimum absolute atomic E-state index is 0. The van der Waals surface area contributed by atoms with Gasteiger partial charge in [-0.15, -0.1) is 12.4 Å². The summed E-state index contributed by atoms with van der Waals surface area (Å²) in [5.74, 6) is 1.36. The summed E-state index contributed by atoms with van der Waals surface area (Å²) in [6.07, 6.45) is 1.66. The fourth-order valence-corrected chi connectivity index (χ4v) is 3.60. The first kappa shape index (κ1) is 19.3. The van der Waals surface area contributed by atoms with Crippen molar-refractivity contribution in [3.8, 4) is 11.5 Å². The number of hydrogen-bond donors (Lipinski definition) is 2. The Morgan fingerprint density at radius 3 is 2.59 bits per heavy atom. The average Bonchev–Trinajstić information content (AvgIpc) is 3.15. The molecular weight excluding hydrogens is 368 g/mol. The van der Waals surface area contributed by atoms with Gasteiger partial charge in [0.25, 0.3) is 5.91 Å². The van der Waals surface area contributed by atoms with Gasteiger partial charge in [0.05, 0.1) is 5.56 Å². The van der Waals surface area contributed by atoms with E-state index in [4.69, 9.17) is 19.9 Å². The van der Waals surface area contributed by atoms with E-state index >= 15 is 0 Å². The molecule has 2 aliphatic heterocycles. The highest BCUT2D eigenvalue weighted by molar-refractivity contribution is 5.99. The van der Waals surface area contributed by atoms with Crippen LogP contribution in [0.2, 0.25) is 0 Å². The van der Waals surface area contributed by atoms with Gasteiger partial charge in [-0.25, -0.2) is 0 Å². The number of fused-ring (bicyclic) bond motifs is 1. The van der Waals surface area contributed by atoms with Crippen LogP contribution in [0.3, 0.4) is 0 Å². The van der Waals surface area contributed by atoms with Gasteiger partial charge in [-0.05, 0) is 42.7 Å². The lowest BCUT2D eigenvalue weighted by Gasteiger charge is -2.38. The second-order valence-electron chi connectivity index (χ2n) is 6.73. The van der Waals surface area contributed by atoms with Gasteiger partial charge in [0.15, 0.2) is 11.5 Å². The van der Waals surface area contributed by atoms with Crippen LogP contribution in [-0.4, -0.2) is 32.5 Å². The van der Waals surface area contributed by atoms with Crippen molar-refractivity contribution in [2.75, 3.05) is 32.3 Å². The molecule has 2 aromatic rings. The Morgan fingerprint density at radius 2 is 1.81 bits per heavy atom. The van der Waals surface area contributed by atoms with E-state index in [0.29, 0.717) is 31.0 Å². The van der Waals surface area contributed by atoms with E-state index in [1.54, 1.807) is 12.1 Å². The molecule has 0 atom stereocenters. The molecule has 0 aliphatic carbocycles. The van der Waals surface area contributed by atoms with Crippen molar-refractivity contribution < 1.29 is 19.0 Å². The van der Waals surface area contributed by atoms with Crippen LogP contribution < -0.4 is 20.5 Å². The van der Waals surface area contributed by atoms with Gasteiger partial charge in [-0.1, -0.05) is 18.2 Å². The van der Waals surface area contributed by atoms with Crippen LogP contribution in [0.15, 0.2) is 42.5 Å². The topological polar surface area (TPSA) is 82.8 Å². The summed E-state index contributed by atoms with van der Waals surface area (Å²) in [6.45, 7) is 2.09. The molecule has 4 rings (SSSR count). The van der Waals surface area contributed by atoms with Crippen LogP contribution >= 0.6 is 12.4 Å². The molecule has 2 heterocycles. The number of carbonyl (C=O) groups excluding carboxylic acids is 1. The number of para-hydroxylation sites is 1. The molecule has 3 N–H and O–H groups in total. The molecule has 0 spiro atoms. The van der Waals surface area contributed by atoms with Gasteiger partial charge >= 0.3 is 0 Å². The summed E-state index contributed by atoms with van der Waals surface area (Å²) >= 11 is 0. The smallest absolute Gasteiger partial charge is 0.253 e. The van der Waals surface area contributed by atoms with Crippen molar-refractivity contribution in [3.63, 3.8) is 0 Å². The second-order valence-corrected chi connectivity index (χ2v) is 6.73. The molecule has 0 aromatic heterocycles. The molecule has 144 valence electrons. The van der Waals surface area contributed by atoms with Crippen molar-refractivity contribution in [1.29, 1.82) is 0 Å². The van der Waals surface area contributed by atoms with Crippen LogP contribution in [-0.2, 0) is 10.2 Å². The average molecular weight is 391 g/mol. The van der Waals surface area contributed by atoms with Crippen molar-refractivity contribution in [2.45, 2.75) is 18.3 Å². The Balaban J connectivity index is 0.00000210. The summed E-state index contributed by atoms with van der Waals surface area (Å²) in [5.41, 5.74) is 7.84. The molecule has 1 saturated heterocycles. The SMILES string of the molecule is Cl.Nc1ccccc1C(=O)NCC1(c2ccc3c(c2)OCO3)CCOCC1. The number of hydrogen-bond acceptors (Lipinski definition) is 5. The maximum absolute atomic E-state index is 12.6. The van der Waals surface area contributed by atoms with Crippen LogP contribution in [0.5, 0.6) is 11.5 Å². The number of amides is 1. The number of anilines is 1. The molecule has 0 unspecified atom stereocenters. The summed E-state index contributed by atoms with van der Waals surface area (Å²) in [4.78, 5) is 12.6. The zero-order valence-corrected chi connectivity index (χ0v) is 15.7. The van der Waals surface area contributed by atoms with E-state index in [0.717, 1.165) is 29.9 Å². The maximum Gasteiger partial charge on any atom is 0.253 e. The number of ether oxygens (including phenoxy) is 3. The first-order valence-electron chi connectivity index (χ1n) is 8.79. The van der Waals surface area contributed by atoms with Crippen LogP contribution in [0, 0.1) is 0 Å². The van der Waals surface area contributed by atoms with Crippen LogP contribution in [0.4, 0.5) is 5.69 Å². The van der Waals surface area contributed by atoms with Gasteiger partial charge in [-0.3, -0.25) is 4.79 Å². The predicted molar refractivity (Wildman–Crippen MR) is 105 cm³/mol. The highest BCUT2D eigenvalue weighted by atomic mass is 35.5. The second kappa shape index (κ2) is 8.06. The molecule has 1 fully saturated rings. The predicted octanol–water partition coefficient (Wildman–Crippen LogP) is 2.90. The molecule has 2 aromatic carbocycles. The first-order chi connectivity index (χ1) is 12.7. The highest BCUT2D eigenvalue weighted by Gasteiger charge is 2.36. The Morgan fingerprint density at radius 1 is 1.07 bits per heavy atom. The third-order valence-electron chi connectivity index (χ3n) is 5.23. The van der Waals surface area contributed by atoms with E-state index < -0.39 is 0 Å². The summed E-state index contributed by atoms with van der Waals surface area (Å²) < 4.78 is 16.5. The number of halogens is 1. The van der Waals surface area contributed by atoms with Gasteiger partial charge in [0, 0.05) is 30.9 Å². The molecular formula is C20H23ClN2O4. The normalized spacial score (nSPS) is 17.0. The Hall–Kier alpha value is -2.44. The zero-order valence-electron chi connectivity index (χ0n) is 14.9. The number of nitrogens with two attached hydrogens (primary N) is 1. The summed E-state index contributed by atoms with van der Waals surface area (Å²) in [7, 11) is 0. The maximum atomic E-state index is 12.6. The lowest BCUT2D eigenvalue weighted by Crippen LogP contribution is -2.44. The zero-order chi connectivity index (χ0) is 18.0. The van der Waals surface area contributed by atoms with Crippen molar-refractivity contribution in [1.82, 2.24) is 5.32 Å². The monoisotopic (exact) mass is 390 g/mol. The quantitative estimate of drug-likeness (QED) is 0.784. The standard InChI is InChI=1S/C20H22N2O4.ClH/c21-16-4-2-1-3-15(16)19(23)22-12-20(7-9-24-10-8-20)14-5-6-17-18(11-14)26-13-25-17;/h1-6,11H,7-10,12-13,21H2,(H,22,23);1H. The summed E-state index contributed by atoms with van der Waals surface area (Å²) in [5, 5.41) is 3.07. The van der Waals surface area contributed by atoms with Gasteiger partial charge in [-0.2, -0.15) is 0 Å². The fraction of sp³-hybridized carbons (Fsp3) is 0.350. The van der Waals surface area contributed by atoms with E-state index in [1.165, 1.54) is 0 Å². The molecule has 1 amide bonds. The number of nitrogen functional groups attached to an aromatic ring is 1. The molecule has 27 heavy (non-hydrogen) atoms. The molecule has 0 saturated carbocycles. The van der Waals surface area contributed by atoms with E-state index in [2.05, 4.69) is 11.4 Å². The Bertz CT molecular complexity index is 821. The Kier molecular flexibility index (Phi) is 5.77. The fourth-order valence-electron chi connectivity index (χ4n) is 3.60. The van der Waals surface area contributed by atoms with Crippen molar-refractivity contribution in [3.05, 3.63) is 53.6 Å². The number of nitrogens with one attached hydrogen (secondary N) is 1. The highest BCUT2D eigenvalue weighted by Crippen LogP contribution is 2.40. The number of carbonyl (C=O) groups is 1. The van der Waals surface area contributed by atoms with Gasteiger partial charge < -0.3 is 25.3 Å². The lowest BCUT2D eigenvalue weighted by atomic mass is 9.74. The van der Waals surface area contributed by atoms with Crippen molar-refractivity contribution >= 4 is 24.0 Å². The van der Waals surface area contributed by atoms with Crippen LogP contribution in [0.1, 0.15) is 28.8 Å². The minimum Gasteiger partial charge on any atom is -0.454 e. The van der Waals surface area contributed by atoms with Gasteiger partial charge in [0.2, 0.25) is 6.79 Å². The van der Waals surface area contributed by atoms with Crippen LogP contribution in [0.25, 0.3) is 0 Å². The first-order valence-corrected chi connectivity index (χ1v) is 8.79. The third-order valence-corrected chi connectivity index (χ3v) is 5.23. The number of rotatable bonds is 4. The van der Waals surface area contributed by atoms with E-state index in [1.807, 2.05) is 24.3 Å². The Labute approximate surface area is 164 Å². The largest absolute Gasteiger partial charge is 0.454 e. The molecule has 6 nitrogen and oxygen atoms in total. The summed E-state index contributed by atoms with van der Waals surface area (Å²) in [6, 6.07) is 13.1. The lowest BCUT2D eigenvalue weighted by molar-refractivity contribution is 0.0486. The van der Waals surface area contributed by atoms with E-state index in [-0.39, 0.29) is 30.5 Å². The molecule has 0 bridgehead atoms. The van der Waals surface area contributed by atoms with Gasteiger partial charge in [0.1, 0.15) is 0 Å².